The molecule has 4 aromatic heterocycles. The maximum absolute atomic E-state index is 6.64. The van der Waals surface area contributed by atoms with E-state index in [9.17, 15) is 0 Å². The summed E-state index contributed by atoms with van der Waals surface area (Å²) in [5.74, 6) is 0. The zero-order chi connectivity index (χ0) is 29.9. The molecule has 11 rings (SSSR count). The lowest BCUT2D eigenvalue weighted by molar-refractivity contribution is 0.669. The highest BCUT2D eigenvalue weighted by Gasteiger charge is 2.23. The van der Waals surface area contributed by atoms with E-state index in [2.05, 4.69) is 108 Å². The number of rotatable bonds is 2. The number of hydrogen-bond acceptors (Lipinski definition) is 3. The molecule has 4 heterocycles. The number of fused-ring (bicyclic) bond motifs is 14. The first-order valence-corrected chi connectivity index (χ1v) is 15.5. The normalized spacial score (nSPS) is 12.3. The summed E-state index contributed by atoms with van der Waals surface area (Å²) in [5.41, 5.74) is 10.8. The van der Waals surface area contributed by atoms with Crippen molar-refractivity contribution in [2.24, 2.45) is 0 Å². The van der Waals surface area contributed by atoms with Crippen LogP contribution in [0.5, 0.6) is 0 Å². The second-order valence-electron chi connectivity index (χ2n) is 12.1. The van der Waals surface area contributed by atoms with Crippen LogP contribution in [0.15, 0.2) is 153 Å². The lowest BCUT2D eigenvalue weighted by Crippen LogP contribution is -1.94. The second kappa shape index (κ2) is 8.68. The molecular formula is C42H23NO3. The highest BCUT2D eigenvalue weighted by Crippen LogP contribution is 2.45. The fourth-order valence-corrected chi connectivity index (χ4v) is 7.55. The fraction of sp³-hybridized carbons (Fsp3) is 0. The van der Waals surface area contributed by atoms with E-state index in [0.717, 1.165) is 104 Å². The summed E-state index contributed by atoms with van der Waals surface area (Å²) in [6.45, 7) is 0. The highest BCUT2D eigenvalue weighted by molar-refractivity contribution is 6.30. The number of aromatic nitrogens is 1. The molecule has 0 radical (unpaired) electrons. The Bertz CT molecular complexity index is 2910. The van der Waals surface area contributed by atoms with Crippen molar-refractivity contribution >= 4 is 87.6 Å². The Labute approximate surface area is 261 Å². The van der Waals surface area contributed by atoms with Crippen LogP contribution >= 0.6 is 0 Å². The molecule has 0 aliphatic carbocycles. The molecule has 7 aromatic carbocycles. The molecule has 0 saturated carbocycles. The molecule has 0 N–H and O–H groups in total. The van der Waals surface area contributed by atoms with E-state index in [4.69, 9.17) is 13.3 Å². The maximum atomic E-state index is 6.64. The molecule has 0 bridgehead atoms. The van der Waals surface area contributed by atoms with Gasteiger partial charge in [0, 0.05) is 38.0 Å². The van der Waals surface area contributed by atoms with Gasteiger partial charge in [0.25, 0.3) is 0 Å². The van der Waals surface area contributed by atoms with Crippen LogP contribution in [0.25, 0.3) is 104 Å². The van der Waals surface area contributed by atoms with Crippen LogP contribution < -0.4 is 0 Å². The van der Waals surface area contributed by atoms with Crippen molar-refractivity contribution in [2.45, 2.75) is 0 Å². The molecule has 11 aromatic rings. The van der Waals surface area contributed by atoms with Crippen molar-refractivity contribution in [1.82, 2.24) is 4.57 Å². The minimum atomic E-state index is 0.879. The van der Waals surface area contributed by atoms with E-state index >= 15 is 0 Å². The first-order valence-electron chi connectivity index (χ1n) is 15.5. The van der Waals surface area contributed by atoms with Gasteiger partial charge in [0.1, 0.15) is 33.5 Å². The topological polar surface area (TPSA) is 44.4 Å². The number of nitrogens with zero attached hydrogens (tertiary/aromatic N) is 1. The van der Waals surface area contributed by atoms with Crippen molar-refractivity contribution in [3.8, 4) is 16.8 Å². The SMILES string of the molecule is c1cc(-c2ccc3oc4ccccc4c3c2)cc(-n2c3ccc4c5ccccc5oc4c3c3c4oc5ccccc5c4ccc32)c1. The summed E-state index contributed by atoms with van der Waals surface area (Å²) in [7, 11) is 0. The third-order valence-electron chi connectivity index (χ3n) is 9.60. The van der Waals surface area contributed by atoms with Gasteiger partial charge in [-0.15, -0.1) is 0 Å². The zero-order valence-electron chi connectivity index (χ0n) is 24.5. The predicted octanol–water partition coefficient (Wildman–Crippen LogP) is 12.1. The molecule has 0 spiro atoms. The van der Waals surface area contributed by atoms with E-state index < -0.39 is 0 Å². The Morgan fingerprint density at radius 1 is 0.348 bits per heavy atom. The van der Waals surface area contributed by atoms with Gasteiger partial charge in [-0.25, -0.2) is 0 Å². The van der Waals surface area contributed by atoms with Crippen LogP contribution in [-0.2, 0) is 0 Å². The van der Waals surface area contributed by atoms with E-state index in [0.29, 0.717) is 0 Å². The van der Waals surface area contributed by atoms with Gasteiger partial charge in [0.15, 0.2) is 0 Å². The molecule has 214 valence electrons. The van der Waals surface area contributed by atoms with Crippen LogP contribution in [0.2, 0.25) is 0 Å². The maximum Gasteiger partial charge on any atom is 0.145 e. The van der Waals surface area contributed by atoms with Crippen molar-refractivity contribution in [1.29, 1.82) is 0 Å². The first-order chi connectivity index (χ1) is 22.8. The molecule has 0 unspecified atom stereocenters. The summed E-state index contributed by atoms with van der Waals surface area (Å²) in [6.07, 6.45) is 0. The summed E-state index contributed by atoms with van der Waals surface area (Å²) in [4.78, 5) is 0. The smallest absolute Gasteiger partial charge is 0.145 e. The quantitative estimate of drug-likeness (QED) is 0.201. The van der Waals surface area contributed by atoms with E-state index in [1.54, 1.807) is 0 Å². The predicted molar refractivity (Wildman–Crippen MR) is 188 cm³/mol. The molecule has 0 fully saturated rings. The molecule has 0 aliphatic rings. The summed E-state index contributed by atoms with van der Waals surface area (Å²) >= 11 is 0. The van der Waals surface area contributed by atoms with Crippen LogP contribution in [0.4, 0.5) is 0 Å². The Hall–Kier alpha value is -6.26. The lowest BCUT2D eigenvalue weighted by atomic mass is 10.0. The largest absolute Gasteiger partial charge is 0.456 e. The third kappa shape index (κ3) is 3.12. The fourth-order valence-electron chi connectivity index (χ4n) is 7.55. The van der Waals surface area contributed by atoms with Crippen molar-refractivity contribution in [2.75, 3.05) is 0 Å². The summed E-state index contributed by atoms with van der Waals surface area (Å²) in [6, 6.07) is 48.8. The van der Waals surface area contributed by atoms with Crippen molar-refractivity contribution in [3.63, 3.8) is 0 Å². The van der Waals surface area contributed by atoms with E-state index in [1.807, 2.05) is 36.4 Å². The van der Waals surface area contributed by atoms with Crippen LogP contribution in [-0.4, -0.2) is 4.57 Å². The summed E-state index contributed by atoms with van der Waals surface area (Å²) in [5, 5.41) is 8.80. The van der Waals surface area contributed by atoms with Gasteiger partial charge >= 0.3 is 0 Å². The molecule has 0 amide bonds. The molecular weight excluding hydrogens is 566 g/mol. The van der Waals surface area contributed by atoms with Gasteiger partial charge in [-0.3, -0.25) is 0 Å². The van der Waals surface area contributed by atoms with Gasteiger partial charge in [-0.2, -0.15) is 0 Å². The highest BCUT2D eigenvalue weighted by atomic mass is 16.3. The van der Waals surface area contributed by atoms with E-state index in [-0.39, 0.29) is 0 Å². The minimum Gasteiger partial charge on any atom is -0.456 e. The Morgan fingerprint density at radius 2 is 0.870 bits per heavy atom. The average molecular weight is 590 g/mol. The number of furan rings is 3. The first kappa shape index (κ1) is 24.1. The number of hydrogen-bond donors (Lipinski definition) is 0. The average Bonchev–Trinajstić information content (AvgIpc) is 3.86. The van der Waals surface area contributed by atoms with Crippen molar-refractivity contribution < 1.29 is 13.3 Å². The molecule has 4 nitrogen and oxygen atoms in total. The van der Waals surface area contributed by atoms with Gasteiger partial charge in [0.05, 0.1) is 21.8 Å². The monoisotopic (exact) mass is 589 g/mol. The van der Waals surface area contributed by atoms with Gasteiger partial charge in [0.2, 0.25) is 0 Å². The lowest BCUT2D eigenvalue weighted by Gasteiger charge is -2.10. The zero-order valence-corrected chi connectivity index (χ0v) is 24.5. The van der Waals surface area contributed by atoms with Crippen molar-refractivity contribution in [3.05, 3.63) is 140 Å². The molecule has 0 saturated heterocycles. The van der Waals surface area contributed by atoms with Gasteiger partial charge in [-0.1, -0.05) is 72.8 Å². The Morgan fingerprint density at radius 3 is 1.50 bits per heavy atom. The minimum absolute atomic E-state index is 0.879. The van der Waals surface area contributed by atoms with E-state index in [1.165, 1.54) is 0 Å². The van der Waals surface area contributed by atoms with Crippen LogP contribution in [0.1, 0.15) is 0 Å². The molecule has 4 heteroatoms. The van der Waals surface area contributed by atoms with Crippen LogP contribution in [0, 0.1) is 0 Å². The third-order valence-corrected chi connectivity index (χ3v) is 9.60. The number of benzene rings is 7. The number of para-hydroxylation sites is 3. The molecule has 0 aliphatic heterocycles. The Balaban J connectivity index is 1.23. The van der Waals surface area contributed by atoms with Gasteiger partial charge < -0.3 is 17.8 Å². The van der Waals surface area contributed by atoms with Gasteiger partial charge in [-0.05, 0) is 77.9 Å². The molecule has 46 heavy (non-hydrogen) atoms. The molecule has 0 atom stereocenters. The second-order valence-corrected chi connectivity index (χ2v) is 12.1. The summed E-state index contributed by atoms with van der Waals surface area (Å²) < 4.78 is 21.7. The standard InChI is InChI=1S/C42H23NO3/c1-5-14-36-27(10-1)30-17-19-33-39(41(30)45-36)40-34(20-18-31-28-11-2-6-15-37(28)46-42(31)40)43(33)26-9-7-8-24(22-26)25-16-21-38-32(23-25)29-12-3-4-13-35(29)44-38/h1-23H. The van der Waals surface area contributed by atoms with Crippen LogP contribution in [0.3, 0.4) is 0 Å². The Kier molecular flexibility index (Phi) is 4.55.